The maximum atomic E-state index is 13.8. The first-order chi connectivity index (χ1) is 11.0. The van der Waals surface area contributed by atoms with Crippen LogP contribution in [0.4, 0.5) is 14.5 Å². The monoisotopic (exact) mass is 320 g/mol. The number of carbonyl (C=O) groups is 1. The van der Waals surface area contributed by atoms with Gasteiger partial charge in [-0.1, -0.05) is 6.07 Å². The summed E-state index contributed by atoms with van der Waals surface area (Å²) in [4.78, 5) is 21.4. The van der Waals surface area contributed by atoms with Gasteiger partial charge in [0.1, 0.15) is 5.75 Å². The van der Waals surface area contributed by atoms with Crippen LogP contribution in [0.2, 0.25) is 0 Å². The Morgan fingerprint density at radius 1 is 1.17 bits per heavy atom. The number of rotatable bonds is 3. The van der Waals surface area contributed by atoms with Crippen LogP contribution < -0.4 is 10.1 Å². The number of nitro groups is 1. The molecular weight excluding hydrogens is 310 g/mol. The van der Waals surface area contributed by atoms with Crippen LogP contribution in [0.25, 0.3) is 0 Å². The van der Waals surface area contributed by atoms with Crippen LogP contribution in [0.5, 0.6) is 11.5 Å². The molecule has 0 aliphatic carbocycles. The van der Waals surface area contributed by atoms with Gasteiger partial charge < -0.3 is 10.1 Å². The largest absolute Gasteiger partial charge is 0.451 e. The van der Waals surface area contributed by atoms with Gasteiger partial charge in [-0.3, -0.25) is 14.9 Å². The first kappa shape index (κ1) is 14.9. The van der Waals surface area contributed by atoms with E-state index in [9.17, 15) is 23.7 Å². The number of non-ortho nitro benzene ring substituents is 1. The highest BCUT2D eigenvalue weighted by Gasteiger charge is 2.21. The number of ether oxygens (including phenoxy) is 1. The lowest BCUT2D eigenvalue weighted by atomic mass is 10.0. The Bertz CT molecular complexity index is 800. The summed E-state index contributed by atoms with van der Waals surface area (Å²) in [6, 6.07) is 5.65. The van der Waals surface area contributed by atoms with Crippen molar-refractivity contribution in [3.63, 3.8) is 0 Å². The van der Waals surface area contributed by atoms with Crippen molar-refractivity contribution in [1.82, 2.24) is 5.32 Å². The van der Waals surface area contributed by atoms with Gasteiger partial charge in [-0.05, 0) is 24.1 Å². The van der Waals surface area contributed by atoms with E-state index in [-0.39, 0.29) is 11.7 Å². The summed E-state index contributed by atoms with van der Waals surface area (Å²) in [5.41, 5.74) is 0.472. The number of amides is 1. The molecular formula is C15H10F2N2O4. The van der Waals surface area contributed by atoms with Gasteiger partial charge in [0.05, 0.1) is 17.1 Å². The molecule has 0 atom stereocenters. The third kappa shape index (κ3) is 2.83. The quantitative estimate of drug-likeness (QED) is 0.696. The average molecular weight is 320 g/mol. The van der Waals surface area contributed by atoms with E-state index in [1.54, 1.807) is 6.07 Å². The van der Waals surface area contributed by atoms with Crippen molar-refractivity contribution in [3.05, 3.63) is 63.2 Å². The molecule has 6 nitrogen and oxygen atoms in total. The summed E-state index contributed by atoms with van der Waals surface area (Å²) in [6.45, 7) is 0.525. The standard InChI is InChI=1S/C15H10F2N2O4/c16-12-5-9(19(21)22)6-13(17)14(12)23-10-2-1-8-3-4-18-15(20)11(8)7-10/h1-2,5-7H,3-4H2,(H,18,20). The van der Waals surface area contributed by atoms with Crippen LogP contribution in [0.3, 0.4) is 0 Å². The van der Waals surface area contributed by atoms with Crippen molar-refractivity contribution in [1.29, 1.82) is 0 Å². The first-order valence-corrected chi connectivity index (χ1v) is 6.68. The fraction of sp³-hybridized carbons (Fsp3) is 0.133. The molecule has 1 N–H and O–H groups in total. The molecule has 0 saturated carbocycles. The van der Waals surface area contributed by atoms with Crippen molar-refractivity contribution >= 4 is 11.6 Å². The van der Waals surface area contributed by atoms with E-state index in [0.29, 0.717) is 30.7 Å². The summed E-state index contributed by atoms with van der Waals surface area (Å²) in [7, 11) is 0. The van der Waals surface area contributed by atoms with Gasteiger partial charge in [-0.25, -0.2) is 8.78 Å². The minimum atomic E-state index is -1.20. The lowest BCUT2D eigenvalue weighted by Crippen LogP contribution is -2.31. The van der Waals surface area contributed by atoms with E-state index >= 15 is 0 Å². The number of halogens is 2. The van der Waals surface area contributed by atoms with Crippen molar-refractivity contribution in [2.45, 2.75) is 6.42 Å². The molecule has 118 valence electrons. The summed E-state index contributed by atoms with van der Waals surface area (Å²) in [5, 5.41) is 13.2. The predicted molar refractivity (Wildman–Crippen MR) is 75.6 cm³/mol. The smallest absolute Gasteiger partial charge is 0.275 e. The third-order valence-corrected chi connectivity index (χ3v) is 3.42. The Morgan fingerprint density at radius 3 is 2.52 bits per heavy atom. The molecule has 1 aliphatic rings. The molecule has 2 aromatic rings. The molecule has 2 aromatic carbocycles. The molecule has 0 fully saturated rings. The molecule has 8 heteroatoms. The highest BCUT2D eigenvalue weighted by atomic mass is 19.1. The van der Waals surface area contributed by atoms with Crippen LogP contribution >= 0.6 is 0 Å². The summed E-state index contributed by atoms with van der Waals surface area (Å²) < 4.78 is 32.8. The van der Waals surface area contributed by atoms with E-state index in [4.69, 9.17) is 4.74 Å². The Labute approximate surface area is 128 Å². The number of hydrogen-bond acceptors (Lipinski definition) is 4. The minimum absolute atomic E-state index is 0.0625. The van der Waals surface area contributed by atoms with Gasteiger partial charge >= 0.3 is 0 Å². The van der Waals surface area contributed by atoms with Crippen LogP contribution in [0, 0.1) is 21.7 Å². The van der Waals surface area contributed by atoms with Gasteiger partial charge in [-0.2, -0.15) is 0 Å². The van der Waals surface area contributed by atoms with Crippen LogP contribution in [0.1, 0.15) is 15.9 Å². The Balaban J connectivity index is 1.95. The second-order valence-corrected chi connectivity index (χ2v) is 4.92. The van der Waals surface area contributed by atoms with Crippen molar-refractivity contribution in [3.8, 4) is 11.5 Å². The van der Waals surface area contributed by atoms with Crippen molar-refractivity contribution < 1.29 is 23.2 Å². The fourth-order valence-corrected chi connectivity index (χ4v) is 2.32. The molecule has 0 saturated heterocycles. The zero-order chi connectivity index (χ0) is 16.6. The molecule has 0 spiro atoms. The highest BCUT2D eigenvalue weighted by Crippen LogP contribution is 2.32. The van der Waals surface area contributed by atoms with Gasteiger partial charge in [-0.15, -0.1) is 0 Å². The fourth-order valence-electron chi connectivity index (χ4n) is 2.32. The number of hydrogen-bond donors (Lipinski definition) is 1. The number of nitro benzene ring substituents is 1. The molecule has 3 rings (SSSR count). The van der Waals surface area contributed by atoms with E-state index in [2.05, 4.69) is 5.32 Å². The number of carbonyl (C=O) groups excluding carboxylic acids is 1. The molecule has 1 amide bonds. The zero-order valence-electron chi connectivity index (χ0n) is 11.6. The summed E-state index contributed by atoms with van der Waals surface area (Å²) in [6.07, 6.45) is 0.654. The number of nitrogens with one attached hydrogen (secondary N) is 1. The van der Waals surface area contributed by atoms with E-state index in [0.717, 1.165) is 5.56 Å². The van der Waals surface area contributed by atoms with Crippen LogP contribution in [-0.4, -0.2) is 17.4 Å². The van der Waals surface area contributed by atoms with E-state index in [1.165, 1.54) is 12.1 Å². The zero-order valence-corrected chi connectivity index (χ0v) is 11.6. The first-order valence-electron chi connectivity index (χ1n) is 6.68. The molecule has 1 aliphatic heterocycles. The minimum Gasteiger partial charge on any atom is -0.451 e. The maximum absolute atomic E-state index is 13.8. The molecule has 1 heterocycles. The predicted octanol–water partition coefficient (Wildman–Crippen LogP) is 2.95. The third-order valence-electron chi connectivity index (χ3n) is 3.42. The maximum Gasteiger partial charge on any atom is 0.275 e. The highest BCUT2D eigenvalue weighted by molar-refractivity contribution is 5.97. The SMILES string of the molecule is O=C1NCCc2ccc(Oc3c(F)cc([N+](=O)[O-])cc3F)cc21. The summed E-state index contributed by atoms with van der Waals surface area (Å²) >= 11 is 0. The Morgan fingerprint density at radius 2 is 1.87 bits per heavy atom. The molecule has 0 bridgehead atoms. The van der Waals surface area contributed by atoms with Gasteiger partial charge in [0.2, 0.25) is 0 Å². The van der Waals surface area contributed by atoms with E-state index < -0.39 is 28.0 Å². The van der Waals surface area contributed by atoms with Crippen LogP contribution in [-0.2, 0) is 6.42 Å². The molecule has 0 radical (unpaired) electrons. The number of benzene rings is 2. The lowest BCUT2D eigenvalue weighted by molar-refractivity contribution is -0.385. The van der Waals surface area contributed by atoms with Gasteiger partial charge in [0.25, 0.3) is 11.6 Å². The van der Waals surface area contributed by atoms with Gasteiger partial charge in [0, 0.05) is 12.1 Å². The Kier molecular flexibility index (Phi) is 3.65. The molecule has 23 heavy (non-hydrogen) atoms. The van der Waals surface area contributed by atoms with Crippen LogP contribution in [0.15, 0.2) is 30.3 Å². The average Bonchev–Trinajstić information content (AvgIpc) is 2.51. The molecule has 0 aromatic heterocycles. The lowest BCUT2D eigenvalue weighted by Gasteiger charge is -2.17. The van der Waals surface area contributed by atoms with Crippen molar-refractivity contribution in [2.24, 2.45) is 0 Å². The number of fused-ring (bicyclic) bond motifs is 1. The Hall–Kier alpha value is -3.03. The summed E-state index contributed by atoms with van der Waals surface area (Å²) in [5.74, 6) is -3.38. The second-order valence-electron chi connectivity index (χ2n) is 4.92. The van der Waals surface area contributed by atoms with Crippen molar-refractivity contribution in [2.75, 3.05) is 6.54 Å². The van der Waals surface area contributed by atoms with E-state index in [1.807, 2.05) is 0 Å². The molecule has 0 unspecified atom stereocenters. The number of nitrogens with zero attached hydrogens (tertiary/aromatic N) is 1. The topological polar surface area (TPSA) is 81.5 Å². The van der Waals surface area contributed by atoms with Gasteiger partial charge in [0.15, 0.2) is 17.4 Å². The normalized spacial score (nSPS) is 13.2. The second kappa shape index (κ2) is 5.64.